The topological polar surface area (TPSA) is 43.8 Å². The summed E-state index contributed by atoms with van der Waals surface area (Å²) in [5, 5.41) is 3.63. The molecule has 0 saturated heterocycles. The predicted octanol–water partition coefficient (Wildman–Crippen LogP) is 3.15. The zero-order chi connectivity index (χ0) is 14.9. The van der Waals surface area contributed by atoms with Gasteiger partial charge in [-0.3, -0.25) is 4.68 Å². The number of hydrogen-bond acceptors (Lipinski definition) is 2. The van der Waals surface area contributed by atoms with Crippen molar-refractivity contribution >= 4 is 0 Å². The van der Waals surface area contributed by atoms with E-state index in [2.05, 4.69) is 5.10 Å². The summed E-state index contributed by atoms with van der Waals surface area (Å²) in [7, 11) is 0. The Morgan fingerprint density at radius 3 is 2.35 bits per heavy atom. The second-order valence-electron chi connectivity index (χ2n) is 4.84. The SMILES string of the molecule is Cc1ccccc1C(C(C)N)n1ccc(C(F)(F)F)n1. The predicted molar refractivity (Wildman–Crippen MR) is 70.2 cm³/mol. The standard InChI is InChI=1S/C14H16F3N3/c1-9-5-3-4-6-11(9)13(10(2)18)20-8-7-12(19-20)14(15,16)17/h3-8,10,13H,18H2,1-2H3. The summed E-state index contributed by atoms with van der Waals surface area (Å²) in [5.41, 5.74) is 6.89. The van der Waals surface area contributed by atoms with Gasteiger partial charge in [0.15, 0.2) is 5.69 Å². The van der Waals surface area contributed by atoms with Gasteiger partial charge >= 0.3 is 6.18 Å². The van der Waals surface area contributed by atoms with Crippen molar-refractivity contribution in [2.75, 3.05) is 0 Å². The van der Waals surface area contributed by atoms with E-state index in [1.165, 1.54) is 10.9 Å². The van der Waals surface area contributed by atoms with Crippen LogP contribution < -0.4 is 5.73 Å². The molecule has 0 aliphatic heterocycles. The number of rotatable bonds is 3. The van der Waals surface area contributed by atoms with E-state index >= 15 is 0 Å². The molecule has 108 valence electrons. The van der Waals surface area contributed by atoms with Crippen LogP contribution in [0, 0.1) is 6.92 Å². The van der Waals surface area contributed by atoms with E-state index in [9.17, 15) is 13.2 Å². The van der Waals surface area contributed by atoms with Crippen LogP contribution in [-0.4, -0.2) is 15.8 Å². The smallest absolute Gasteiger partial charge is 0.326 e. The Bertz CT molecular complexity index is 587. The average Bonchev–Trinajstić information content (AvgIpc) is 2.80. The Labute approximate surface area is 115 Å². The molecule has 0 spiro atoms. The third-order valence-corrected chi connectivity index (χ3v) is 3.19. The van der Waals surface area contributed by atoms with Crippen LogP contribution in [0.25, 0.3) is 0 Å². The van der Waals surface area contributed by atoms with E-state index in [1.807, 2.05) is 31.2 Å². The maximum atomic E-state index is 12.6. The van der Waals surface area contributed by atoms with Gasteiger partial charge in [0.25, 0.3) is 0 Å². The fraction of sp³-hybridized carbons (Fsp3) is 0.357. The molecule has 0 fully saturated rings. The van der Waals surface area contributed by atoms with Gasteiger partial charge in [-0.2, -0.15) is 18.3 Å². The third-order valence-electron chi connectivity index (χ3n) is 3.19. The molecule has 0 aliphatic rings. The number of halogens is 3. The fourth-order valence-corrected chi connectivity index (χ4v) is 2.23. The van der Waals surface area contributed by atoms with Crippen molar-refractivity contribution in [2.24, 2.45) is 5.73 Å². The molecule has 3 nitrogen and oxygen atoms in total. The first-order valence-electron chi connectivity index (χ1n) is 6.24. The Balaban J connectivity index is 2.45. The fourth-order valence-electron chi connectivity index (χ4n) is 2.23. The Kier molecular flexibility index (Phi) is 3.85. The molecule has 0 amide bonds. The molecule has 0 bridgehead atoms. The summed E-state index contributed by atoms with van der Waals surface area (Å²) in [4.78, 5) is 0. The number of nitrogens with two attached hydrogens (primary N) is 1. The van der Waals surface area contributed by atoms with Gasteiger partial charge < -0.3 is 5.73 Å². The number of hydrogen-bond donors (Lipinski definition) is 1. The van der Waals surface area contributed by atoms with Gasteiger partial charge in [-0.05, 0) is 31.0 Å². The minimum atomic E-state index is -4.45. The van der Waals surface area contributed by atoms with Crippen molar-refractivity contribution in [3.05, 3.63) is 53.3 Å². The van der Waals surface area contributed by atoms with Crippen LogP contribution in [0.5, 0.6) is 0 Å². The number of alkyl halides is 3. The van der Waals surface area contributed by atoms with E-state index in [1.54, 1.807) is 6.92 Å². The lowest BCUT2D eigenvalue weighted by Crippen LogP contribution is -2.31. The largest absolute Gasteiger partial charge is 0.435 e. The van der Waals surface area contributed by atoms with Crippen molar-refractivity contribution in [2.45, 2.75) is 32.1 Å². The molecule has 0 aliphatic carbocycles. The van der Waals surface area contributed by atoms with Gasteiger partial charge in [-0.15, -0.1) is 0 Å². The summed E-state index contributed by atoms with van der Waals surface area (Å²) in [6.45, 7) is 3.66. The number of aromatic nitrogens is 2. The highest BCUT2D eigenvalue weighted by atomic mass is 19.4. The summed E-state index contributed by atoms with van der Waals surface area (Å²) < 4.78 is 39.2. The lowest BCUT2D eigenvalue weighted by atomic mass is 9.97. The highest BCUT2D eigenvalue weighted by Crippen LogP contribution is 2.30. The molecule has 2 aromatic rings. The summed E-state index contributed by atoms with van der Waals surface area (Å²) in [5.74, 6) is 0. The Morgan fingerprint density at radius 1 is 1.20 bits per heavy atom. The van der Waals surface area contributed by atoms with Crippen LogP contribution in [0.2, 0.25) is 0 Å². The zero-order valence-electron chi connectivity index (χ0n) is 11.2. The Morgan fingerprint density at radius 2 is 1.85 bits per heavy atom. The van der Waals surface area contributed by atoms with Crippen molar-refractivity contribution < 1.29 is 13.2 Å². The van der Waals surface area contributed by atoms with Crippen LogP contribution >= 0.6 is 0 Å². The van der Waals surface area contributed by atoms with Crippen molar-refractivity contribution in [1.29, 1.82) is 0 Å². The molecule has 1 heterocycles. The molecule has 0 saturated carbocycles. The lowest BCUT2D eigenvalue weighted by molar-refractivity contribution is -0.141. The number of aryl methyl sites for hydroxylation is 1. The zero-order valence-corrected chi connectivity index (χ0v) is 11.2. The number of nitrogens with zero attached hydrogens (tertiary/aromatic N) is 2. The Hall–Kier alpha value is -1.82. The van der Waals surface area contributed by atoms with Crippen molar-refractivity contribution in [1.82, 2.24) is 9.78 Å². The first-order valence-corrected chi connectivity index (χ1v) is 6.24. The van der Waals surface area contributed by atoms with E-state index in [-0.39, 0.29) is 6.04 Å². The molecular formula is C14H16F3N3. The van der Waals surface area contributed by atoms with E-state index in [0.29, 0.717) is 0 Å². The average molecular weight is 283 g/mol. The molecule has 2 N–H and O–H groups in total. The van der Waals surface area contributed by atoms with Crippen molar-refractivity contribution in [3.8, 4) is 0 Å². The van der Waals surface area contributed by atoms with Crippen LogP contribution in [0.15, 0.2) is 36.5 Å². The number of benzene rings is 1. The molecule has 0 radical (unpaired) electrons. The first-order chi connectivity index (χ1) is 9.30. The van der Waals surface area contributed by atoms with Crippen LogP contribution in [0.1, 0.15) is 29.8 Å². The van der Waals surface area contributed by atoms with Crippen LogP contribution in [0.3, 0.4) is 0 Å². The monoisotopic (exact) mass is 283 g/mol. The highest BCUT2D eigenvalue weighted by Gasteiger charge is 2.34. The van der Waals surface area contributed by atoms with Gasteiger partial charge in [0.2, 0.25) is 0 Å². The second-order valence-corrected chi connectivity index (χ2v) is 4.84. The molecule has 2 atom stereocenters. The minimum absolute atomic E-state index is 0.364. The molecule has 1 aromatic carbocycles. The van der Waals surface area contributed by atoms with Crippen LogP contribution in [-0.2, 0) is 6.18 Å². The van der Waals surface area contributed by atoms with Gasteiger partial charge in [0.1, 0.15) is 0 Å². The van der Waals surface area contributed by atoms with Gasteiger partial charge in [-0.1, -0.05) is 24.3 Å². The molecule has 2 rings (SSSR count). The van der Waals surface area contributed by atoms with Gasteiger partial charge in [-0.25, -0.2) is 0 Å². The molecule has 1 aromatic heterocycles. The second kappa shape index (κ2) is 5.28. The summed E-state index contributed by atoms with van der Waals surface area (Å²) >= 11 is 0. The summed E-state index contributed by atoms with van der Waals surface area (Å²) in [6, 6.07) is 7.65. The maximum Gasteiger partial charge on any atom is 0.435 e. The molecule has 20 heavy (non-hydrogen) atoms. The normalized spacial score (nSPS) is 15.1. The van der Waals surface area contributed by atoms with Crippen LogP contribution in [0.4, 0.5) is 13.2 Å². The minimum Gasteiger partial charge on any atom is -0.326 e. The van der Waals surface area contributed by atoms with Crippen molar-refractivity contribution in [3.63, 3.8) is 0 Å². The summed E-state index contributed by atoms with van der Waals surface area (Å²) in [6.07, 6.45) is -3.12. The van der Waals surface area contributed by atoms with Gasteiger partial charge in [0.05, 0.1) is 6.04 Å². The quantitative estimate of drug-likeness (QED) is 0.940. The first kappa shape index (κ1) is 14.6. The lowest BCUT2D eigenvalue weighted by Gasteiger charge is -2.23. The third kappa shape index (κ3) is 2.85. The molecule has 2 unspecified atom stereocenters. The van der Waals surface area contributed by atoms with Gasteiger partial charge in [0, 0.05) is 12.2 Å². The van der Waals surface area contributed by atoms with E-state index < -0.39 is 17.9 Å². The van der Waals surface area contributed by atoms with E-state index in [0.717, 1.165) is 17.2 Å². The van der Waals surface area contributed by atoms with E-state index in [4.69, 9.17) is 5.73 Å². The molecular weight excluding hydrogens is 267 g/mol. The maximum absolute atomic E-state index is 12.6. The highest BCUT2D eigenvalue weighted by molar-refractivity contribution is 5.30. The molecule has 6 heteroatoms.